The average molecular weight is 442 g/mol. The molecule has 0 bridgehead atoms. The first-order valence-corrected chi connectivity index (χ1v) is 10.8. The summed E-state index contributed by atoms with van der Waals surface area (Å²) in [6, 6.07) is 3.77. The molecule has 2 aromatic rings. The Balaban J connectivity index is 1.25. The molecule has 4 rings (SSSR count). The molecule has 0 aliphatic carbocycles. The summed E-state index contributed by atoms with van der Waals surface area (Å²) >= 11 is 0. The number of pyridine rings is 2. The number of likely N-dealkylation sites (N-methyl/N-ethyl adjacent to an activating group) is 1. The molecule has 1 N–H and O–H groups in total. The third kappa shape index (κ3) is 5.60. The number of carbonyl (C=O) groups excluding carboxylic acids is 1. The number of hydrogen-bond donors (Lipinski definition) is 1. The number of ether oxygens (including phenoxy) is 2. The Labute approximate surface area is 187 Å². The van der Waals surface area contributed by atoms with Gasteiger partial charge in [0.1, 0.15) is 25.3 Å². The van der Waals surface area contributed by atoms with Crippen LogP contribution in [0.15, 0.2) is 30.6 Å². The van der Waals surface area contributed by atoms with Crippen LogP contribution in [0.5, 0.6) is 11.5 Å². The second-order valence-corrected chi connectivity index (χ2v) is 7.96. The van der Waals surface area contributed by atoms with Crippen molar-refractivity contribution in [1.29, 1.82) is 0 Å². The Hall–Kier alpha value is -3.04. The van der Waals surface area contributed by atoms with Gasteiger partial charge < -0.3 is 19.7 Å². The van der Waals surface area contributed by atoms with Gasteiger partial charge in [-0.25, -0.2) is 4.39 Å². The second kappa shape index (κ2) is 10.5. The zero-order chi connectivity index (χ0) is 22.3. The van der Waals surface area contributed by atoms with Crippen molar-refractivity contribution >= 4 is 18.0 Å². The molecule has 8 nitrogen and oxygen atoms in total. The minimum atomic E-state index is -0.395. The van der Waals surface area contributed by atoms with Gasteiger partial charge in [-0.2, -0.15) is 0 Å². The summed E-state index contributed by atoms with van der Waals surface area (Å²) in [5.74, 6) is 1.07. The van der Waals surface area contributed by atoms with Gasteiger partial charge in [0.25, 0.3) is 0 Å². The first-order valence-electron chi connectivity index (χ1n) is 10.8. The predicted molar refractivity (Wildman–Crippen MR) is 119 cm³/mol. The van der Waals surface area contributed by atoms with Crippen LogP contribution in [0.25, 0.3) is 6.08 Å². The van der Waals surface area contributed by atoms with Crippen LogP contribution >= 0.6 is 0 Å². The van der Waals surface area contributed by atoms with Gasteiger partial charge in [-0.1, -0.05) is 0 Å². The fraction of sp³-hybridized carbons (Fsp3) is 0.435. The van der Waals surface area contributed by atoms with Crippen LogP contribution in [-0.2, 0) is 11.3 Å². The molecule has 0 aromatic carbocycles. The van der Waals surface area contributed by atoms with Gasteiger partial charge in [0.2, 0.25) is 0 Å². The predicted octanol–water partition coefficient (Wildman–Crippen LogP) is 1.90. The molecule has 4 heterocycles. The molecule has 9 heteroatoms. The number of aldehydes is 1. The number of allylic oxidation sites excluding steroid dienone is 1. The van der Waals surface area contributed by atoms with E-state index in [9.17, 15) is 9.18 Å². The van der Waals surface area contributed by atoms with Crippen LogP contribution in [0.1, 0.15) is 17.8 Å². The minimum absolute atomic E-state index is 0.386. The number of halogens is 1. The highest BCUT2D eigenvalue weighted by Crippen LogP contribution is 2.29. The summed E-state index contributed by atoms with van der Waals surface area (Å²) in [6.07, 6.45) is 7.60. The van der Waals surface area contributed by atoms with Gasteiger partial charge in [-0.3, -0.25) is 19.7 Å². The van der Waals surface area contributed by atoms with Gasteiger partial charge in [0.05, 0.1) is 29.5 Å². The van der Waals surface area contributed by atoms with Crippen LogP contribution in [0, 0.1) is 5.82 Å². The third-order valence-corrected chi connectivity index (χ3v) is 5.69. The van der Waals surface area contributed by atoms with Crippen molar-refractivity contribution in [3.05, 3.63) is 47.8 Å². The molecule has 170 valence electrons. The summed E-state index contributed by atoms with van der Waals surface area (Å²) < 4.78 is 24.9. The maximum Gasteiger partial charge on any atom is 0.179 e. The third-order valence-electron chi connectivity index (χ3n) is 5.69. The number of carbonyl (C=O) groups is 1. The largest absolute Gasteiger partial charge is 0.486 e. The fourth-order valence-corrected chi connectivity index (χ4v) is 3.95. The standard InChI is InChI=1S/C23H28FN5O3/c1-28(21-11-17(24)13-27-20(21)3-2-8-30)6-7-29-5-4-18(16-29)25-14-19-12-22-23(15-26-19)32-10-9-31-22/h2-3,8,11-13,15,18,25H,4-7,9-10,14,16H2,1H3/b3-2-. The number of nitrogens with zero attached hydrogens (tertiary/aromatic N) is 4. The summed E-state index contributed by atoms with van der Waals surface area (Å²) in [5, 5.41) is 3.58. The van der Waals surface area contributed by atoms with Crippen molar-refractivity contribution in [2.45, 2.75) is 19.0 Å². The number of aromatic nitrogens is 2. The van der Waals surface area contributed by atoms with E-state index in [1.54, 1.807) is 12.3 Å². The number of nitrogens with one attached hydrogen (secondary N) is 1. The molecular formula is C23H28FN5O3. The van der Waals surface area contributed by atoms with Crippen molar-refractivity contribution in [3.8, 4) is 11.5 Å². The topological polar surface area (TPSA) is 79.8 Å². The molecule has 2 aliphatic rings. The van der Waals surface area contributed by atoms with E-state index in [4.69, 9.17) is 9.47 Å². The van der Waals surface area contributed by atoms with E-state index in [0.717, 1.165) is 50.2 Å². The minimum Gasteiger partial charge on any atom is -0.486 e. The first-order chi connectivity index (χ1) is 15.6. The van der Waals surface area contributed by atoms with E-state index in [-0.39, 0.29) is 0 Å². The normalized spacial score (nSPS) is 18.2. The maximum absolute atomic E-state index is 13.7. The highest BCUT2D eigenvalue weighted by molar-refractivity contribution is 5.76. The Morgan fingerprint density at radius 1 is 1.25 bits per heavy atom. The molecule has 0 amide bonds. The zero-order valence-electron chi connectivity index (χ0n) is 18.2. The molecule has 0 saturated carbocycles. The summed E-state index contributed by atoms with van der Waals surface area (Å²) in [5.41, 5.74) is 2.18. The van der Waals surface area contributed by atoms with Crippen molar-refractivity contribution in [2.75, 3.05) is 51.3 Å². The van der Waals surface area contributed by atoms with Crippen molar-refractivity contribution in [2.24, 2.45) is 0 Å². The van der Waals surface area contributed by atoms with E-state index in [1.807, 2.05) is 18.0 Å². The van der Waals surface area contributed by atoms with E-state index >= 15 is 0 Å². The number of rotatable bonds is 9. The lowest BCUT2D eigenvalue weighted by molar-refractivity contribution is -0.104. The average Bonchev–Trinajstić information content (AvgIpc) is 3.28. The fourth-order valence-electron chi connectivity index (χ4n) is 3.95. The number of likely N-dealkylation sites (tertiary alicyclic amines) is 1. The van der Waals surface area contributed by atoms with Gasteiger partial charge in [-0.15, -0.1) is 0 Å². The Kier molecular flexibility index (Phi) is 7.28. The molecule has 0 spiro atoms. The summed E-state index contributed by atoms with van der Waals surface area (Å²) in [4.78, 5) is 23.5. The van der Waals surface area contributed by atoms with E-state index in [1.165, 1.54) is 12.1 Å². The van der Waals surface area contributed by atoms with Crippen LogP contribution in [-0.4, -0.2) is 73.6 Å². The van der Waals surface area contributed by atoms with Crippen LogP contribution < -0.4 is 19.7 Å². The number of anilines is 1. The Morgan fingerprint density at radius 3 is 2.94 bits per heavy atom. The van der Waals surface area contributed by atoms with E-state index in [0.29, 0.717) is 49.2 Å². The van der Waals surface area contributed by atoms with Gasteiger partial charge in [-0.05, 0) is 25.1 Å². The quantitative estimate of drug-likeness (QED) is 0.467. The molecular weight excluding hydrogens is 413 g/mol. The highest BCUT2D eigenvalue weighted by Gasteiger charge is 2.23. The van der Waals surface area contributed by atoms with E-state index < -0.39 is 5.82 Å². The summed E-state index contributed by atoms with van der Waals surface area (Å²) in [7, 11) is 1.91. The first kappa shape index (κ1) is 22.2. The molecule has 1 atom stereocenters. The van der Waals surface area contributed by atoms with Crippen LogP contribution in [0.3, 0.4) is 0 Å². The van der Waals surface area contributed by atoms with Crippen molar-refractivity contribution < 1.29 is 18.7 Å². The lowest BCUT2D eigenvalue weighted by Gasteiger charge is -2.24. The van der Waals surface area contributed by atoms with Gasteiger partial charge in [0, 0.05) is 51.4 Å². The molecule has 1 fully saturated rings. The Bertz CT molecular complexity index is 971. The zero-order valence-corrected chi connectivity index (χ0v) is 18.2. The highest BCUT2D eigenvalue weighted by atomic mass is 19.1. The number of fused-ring (bicyclic) bond motifs is 1. The smallest absolute Gasteiger partial charge is 0.179 e. The maximum atomic E-state index is 13.7. The molecule has 32 heavy (non-hydrogen) atoms. The molecule has 1 saturated heterocycles. The molecule has 2 aliphatic heterocycles. The SMILES string of the molecule is CN(CCN1CCC(NCc2cc3c(cn2)OCCO3)C1)c1cc(F)cnc1/C=C\C=O. The molecule has 2 aromatic heterocycles. The number of hydrogen-bond acceptors (Lipinski definition) is 8. The Morgan fingerprint density at radius 2 is 2.09 bits per heavy atom. The lowest BCUT2D eigenvalue weighted by Crippen LogP contribution is -2.36. The molecule has 1 unspecified atom stereocenters. The van der Waals surface area contributed by atoms with Crippen molar-refractivity contribution in [3.63, 3.8) is 0 Å². The van der Waals surface area contributed by atoms with Crippen molar-refractivity contribution in [1.82, 2.24) is 20.2 Å². The summed E-state index contributed by atoms with van der Waals surface area (Å²) in [6.45, 7) is 5.32. The van der Waals surface area contributed by atoms with Crippen LogP contribution in [0.2, 0.25) is 0 Å². The van der Waals surface area contributed by atoms with E-state index in [2.05, 4.69) is 20.2 Å². The second-order valence-electron chi connectivity index (χ2n) is 7.96. The lowest BCUT2D eigenvalue weighted by atomic mass is 10.2. The van der Waals surface area contributed by atoms with Crippen LogP contribution in [0.4, 0.5) is 10.1 Å². The van der Waals surface area contributed by atoms with Gasteiger partial charge >= 0.3 is 0 Å². The van der Waals surface area contributed by atoms with Gasteiger partial charge in [0.15, 0.2) is 11.5 Å². The molecule has 0 radical (unpaired) electrons. The monoisotopic (exact) mass is 441 g/mol.